The fraction of sp³-hybridized carbons (Fsp3) is 0.176. The number of ether oxygens (including phenoxy) is 3. The molecule has 0 fully saturated rings. The van der Waals surface area contributed by atoms with Crippen LogP contribution >= 0.6 is 24.4 Å². The fourth-order valence-corrected chi connectivity index (χ4v) is 4.96. The first-order chi connectivity index (χ1) is 24.6. The number of aromatic amines is 2. The SMILES string of the molecule is CC(Oc1ccc(Cc2ccc(O)cc2)cc1)C(=O)Nc1cccc(-n2[nH]nnc2=S)c1.COC(=O)C(C)Oc1ccc(-n2[nH]nnc2=S)cc1. The number of hydrogen-bond acceptors (Lipinski definition) is 12. The zero-order valence-electron chi connectivity index (χ0n) is 27.6. The van der Waals surface area contributed by atoms with E-state index in [1.54, 1.807) is 73.1 Å². The standard InChI is InChI=1S/C23H21N5O3S.C11H12N4O3S/c1-15(22(30)24-18-3-2-4-19(14-18)28-23(32)25-26-27-28)31-21-11-7-17(8-12-21)13-16-5-9-20(29)10-6-16;1-7(10(16)17-2)18-9-5-3-8(4-6-9)15-11(19)12-13-14-15/h2-12,14-15,29H,13H2,1H3,(H,24,30)(H,25,27,32);3-7H,1-2H3,(H,12,14,19). The topological polar surface area (TPSA) is 187 Å². The molecule has 2 aromatic heterocycles. The van der Waals surface area contributed by atoms with Gasteiger partial charge in [0.25, 0.3) is 5.91 Å². The highest BCUT2D eigenvalue weighted by molar-refractivity contribution is 7.71. The lowest BCUT2D eigenvalue weighted by Crippen LogP contribution is -2.30. The van der Waals surface area contributed by atoms with Crippen LogP contribution in [-0.2, 0) is 20.7 Å². The summed E-state index contributed by atoms with van der Waals surface area (Å²) in [5.41, 5.74) is 4.27. The normalized spacial score (nSPS) is 11.7. The number of H-pyrrole nitrogens is 2. The zero-order valence-corrected chi connectivity index (χ0v) is 29.2. The van der Waals surface area contributed by atoms with E-state index in [0.29, 0.717) is 32.4 Å². The number of benzene rings is 4. The lowest BCUT2D eigenvalue weighted by molar-refractivity contribution is -0.147. The predicted molar refractivity (Wildman–Crippen MR) is 191 cm³/mol. The molecule has 0 radical (unpaired) electrons. The molecule has 0 spiro atoms. The number of hydrogen-bond donors (Lipinski definition) is 4. The molecule has 51 heavy (non-hydrogen) atoms. The maximum absolute atomic E-state index is 12.6. The summed E-state index contributed by atoms with van der Waals surface area (Å²) in [6.07, 6.45) is -0.618. The second kappa shape index (κ2) is 17.0. The van der Waals surface area contributed by atoms with Crippen molar-refractivity contribution < 1.29 is 28.9 Å². The van der Waals surface area contributed by atoms with Crippen LogP contribution in [-0.4, -0.2) is 76.7 Å². The maximum atomic E-state index is 12.6. The first-order valence-electron chi connectivity index (χ1n) is 15.4. The van der Waals surface area contributed by atoms with Gasteiger partial charge >= 0.3 is 5.97 Å². The van der Waals surface area contributed by atoms with Crippen LogP contribution in [0.1, 0.15) is 25.0 Å². The maximum Gasteiger partial charge on any atom is 0.346 e. The number of anilines is 1. The van der Waals surface area contributed by atoms with Gasteiger partial charge in [-0.05, 0) is 123 Å². The molecule has 6 aromatic rings. The summed E-state index contributed by atoms with van der Waals surface area (Å²) in [5.74, 6) is 0.704. The van der Waals surface area contributed by atoms with E-state index in [-0.39, 0.29) is 11.7 Å². The highest BCUT2D eigenvalue weighted by Crippen LogP contribution is 2.20. The molecule has 2 atom stereocenters. The van der Waals surface area contributed by atoms with Crippen molar-refractivity contribution in [2.45, 2.75) is 32.5 Å². The minimum absolute atomic E-state index is 0.249. The van der Waals surface area contributed by atoms with Gasteiger partial charge in [-0.3, -0.25) is 4.79 Å². The number of tetrazole rings is 2. The number of esters is 1. The van der Waals surface area contributed by atoms with Crippen LogP contribution in [0.4, 0.5) is 5.69 Å². The number of nitrogens with zero attached hydrogens (tertiary/aromatic N) is 6. The Hall–Kier alpha value is -6.20. The van der Waals surface area contributed by atoms with Gasteiger partial charge in [0.2, 0.25) is 9.54 Å². The second-order valence-corrected chi connectivity index (χ2v) is 11.6. The highest BCUT2D eigenvalue weighted by Gasteiger charge is 2.16. The Bertz CT molecular complexity index is 2180. The number of carbonyl (C=O) groups excluding carboxylic acids is 2. The van der Waals surface area contributed by atoms with Crippen LogP contribution in [0.2, 0.25) is 0 Å². The van der Waals surface area contributed by atoms with E-state index < -0.39 is 18.2 Å². The molecule has 2 unspecified atom stereocenters. The van der Waals surface area contributed by atoms with Crippen LogP contribution < -0.4 is 14.8 Å². The number of nitrogens with one attached hydrogen (secondary N) is 3. The molecular formula is C34H33N9O6S2. The van der Waals surface area contributed by atoms with Gasteiger partial charge in [0.05, 0.1) is 18.5 Å². The van der Waals surface area contributed by atoms with Gasteiger partial charge in [-0.1, -0.05) is 51.0 Å². The van der Waals surface area contributed by atoms with Gasteiger partial charge in [0, 0.05) is 5.69 Å². The van der Waals surface area contributed by atoms with Crippen LogP contribution in [0, 0.1) is 9.54 Å². The number of phenols is 1. The van der Waals surface area contributed by atoms with Crippen molar-refractivity contribution in [2.24, 2.45) is 0 Å². The number of aromatic nitrogens is 8. The van der Waals surface area contributed by atoms with Gasteiger partial charge < -0.3 is 24.6 Å². The smallest absolute Gasteiger partial charge is 0.346 e. The summed E-state index contributed by atoms with van der Waals surface area (Å²) < 4.78 is 19.5. The largest absolute Gasteiger partial charge is 0.508 e. The lowest BCUT2D eigenvalue weighted by atomic mass is 10.0. The van der Waals surface area contributed by atoms with Crippen molar-refractivity contribution in [3.05, 3.63) is 118 Å². The fourth-order valence-electron chi connectivity index (χ4n) is 4.58. The third-order valence-electron chi connectivity index (χ3n) is 7.21. The molecule has 15 nitrogen and oxygen atoms in total. The van der Waals surface area contributed by atoms with E-state index >= 15 is 0 Å². The molecule has 0 bridgehead atoms. The first kappa shape index (κ1) is 36.1. The Morgan fingerprint density at radius 1 is 0.765 bits per heavy atom. The Morgan fingerprint density at radius 2 is 1.29 bits per heavy atom. The van der Waals surface area contributed by atoms with E-state index in [4.69, 9.17) is 33.9 Å². The van der Waals surface area contributed by atoms with Crippen LogP contribution in [0.15, 0.2) is 97.1 Å². The van der Waals surface area contributed by atoms with E-state index in [9.17, 15) is 14.7 Å². The average Bonchev–Trinajstić information content (AvgIpc) is 3.78. The number of amides is 1. The van der Waals surface area contributed by atoms with Gasteiger partial charge in [0.15, 0.2) is 12.2 Å². The van der Waals surface area contributed by atoms with Gasteiger partial charge in [-0.2, -0.15) is 10.4 Å². The summed E-state index contributed by atoms with van der Waals surface area (Å²) in [6.45, 7) is 3.31. The molecule has 0 saturated heterocycles. The lowest BCUT2D eigenvalue weighted by Gasteiger charge is -2.15. The van der Waals surface area contributed by atoms with E-state index in [1.807, 2.05) is 42.5 Å². The van der Waals surface area contributed by atoms with E-state index in [0.717, 1.165) is 23.2 Å². The molecule has 0 aliphatic heterocycles. The van der Waals surface area contributed by atoms with E-state index in [2.05, 4.69) is 41.1 Å². The highest BCUT2D eigenvalue weighted by atomic mass is 32.1. The van der Waals surface area contributed by atoms with Crippen molar-refractivity contribution in [1.82, 2.24) is 40.4 Å². The van der Waals surface area contributed by atoms with Crippen molar-refractivity contribution in [3.63, 3.8) is 0 Å². The number of carbonyl (C=O) groups is 2. The minimum Gasteiger partial charge on any atom is -0.508 e. The molecular weight excluding hydrogens is 695 g/mol. The minimum atomic E-state index is -0.697. The summed E-state index contributed by atoms with van der Waals surface area (Å²) in [5, 5.41) is 32.2. The summed E-state index contributed by atoms with van der Waals surface area (Å²) >= 11 is 10.1. The summed E-state index contributed by atoms with van der Waals surface area (Å²) in [4.78, 5) is 23.8. The third-order valence-corrected chi connectivity index (χ3v) is 7.73. The van der Waals surface area contributed by atoms with Crippen LogP contribution in [0.5, 0.6) is 17.2 Å². The van der Waals surface area contributed by atoms with Crippen molar-refractivity contribution >= 4 is 42.0 Å². The first-order valence-corrected chi connectivity index (χ1v) is 16.2. The van der Waals surface area contributed by atoms with Gasteiger partial charge in [-0.25, -0.2) is 14.2 Å². The van der Waals surface area contributed by atoms with Crippen molar-refractivity contribution in [3.8, 4) is 28.6 Å². The molecule has 0 aliphatic rings. The average molecular weight is 728 g/mol. The van der Waals surface area contributed by atoms with Crippen LogP contribution in [0.3, 0.4) is 0 Å². The molecule has 4 N–H and O–H groups in total. The second-order valence-electron chi connectivity index (χ2n) is 10.9. The molecule has 0 saturated carbocycles. The Labute approximate surface area is 301 Å². The summed E-state index contributed by atoms with van der Waals surface area (Å²) in [6, 6.07) is 28.9. The number of aromatic hydroxyl groups is 1. The van der Waals surface area contributed by atoms with Gasteiger partial charge in [0.1, 0.15) is 17.2 Å². The Kier molecular flexibility index (Phi) is 12.0. The molecule has 6 rings (SSSR count). The molecule has 0 aliphatic carbocycles. The third kappa shape index (κ3) is 9.93. The van der Waals surface area contributed by atoms with Crippen LogP contribution in [0.25, 0.3) is 11.4 Å². The molecule has 4 aromatic carbocycles. The monoisotopic (exact) mass is 727 g/mol. The zero-order chi connectivity index (χ0) is 36.3. The van der Waals surface area contributed by atoms with Crippen molar-refractivity contribution in [1.29, 1.82) is 0 Å². The Balaban J connectivity index is 0.000000226. The molecule has 262 valence electrons. The van der Waals surface area contributed by atoms with E-state index in [1.165, 1.54) is 11.8 Å². The number of methoxy groups -OCH3 is 1. The molecule has 1 amide bonds. The Morgan fingerprint density at radius 3 is 1.84 bits per heavy atom. The predicted octanol–water partition coefficient (Wildman–Crippen LogP) is 5.29. The van der Waals surface area contributed by atoms with Gasteiger partial charge in [-0.15, -0.1) is 0 Å². The molecule has 17 heteroatoms. The molecule has 2 heterocycles. The number of phenolic OH excluding ortho intramolecular Hbond substituents is 1. The quantitative estimate of drug-likeness (QED) is 0.0999. The van der Waals surface area contributed by atoms with Crippen molar-refractivity contribution in [2.75, 3.05) is 12.4 Å². The number of rotatable bonds is 11. The summed E-state index contributed by atoms with van der Waals surface area (Å²) in [7, 11) is 1.32.